The van der Waals surface area contributed by atoms with Crippen molar-refractivity contribution in [1.29, 1.82) is 0 Å². The molecule has 1 atom stereocenters. The van der Waals surface area contributed by atoms with Gasteiger partial charge in [-0.1, -0.05) is 19.9 Å². The third-order valence-electron chi connectivity index (χ3n) is 3.12. The van der Waals surface area contributed by atoms with Crippen LogP contribution in [0.5, 0.6) is 0 Å². The Morgan fingerprint density at radius 2 is 2.29 bits per heavy atom. The van der Waals surface area contributed by atoms with Gasteiger partial charge in [-0.2, -0.15) is 5.10 Å². The molecule has 0 aliphatic rings. The molecule has 21 heavy (non-hydrogen) atoms. The molecule has 0 spiro atoms. The lowest BCUT2D eigenvalue weighted by molar-refractivity contribution is 0.266. The molecule has 0 amide bonds. The summed E-state index contributed by atoms with van der Waals surface area (Å²) in [5, 5.41) is 18.4. The van der Waals surface area contributed by atoms with Crippen LogP contribution in [0, 0.1) is 5.92 Å². The SMILES string of the molecule is CC(C)C(Nc1cnn(CCO)c(=O)c1Br)c1cccs1. The Kier molecular flexibility index (Phi) is 5.55. The molecule has 2 aromatic rings. The molecule has 0 aliphatic heterocycles. The highest BCUT2D eigenvalue weighted by molar-refractivity contribution is 9.10. The van der Waals surface area contributed by atoms with Crippen molar-refractivity contribution >= 4 is 33.0 Å². The monoisotopic (exact) mass is 371 g/mol. The van der Waals surface area contributed by atoms with Gasteiger partial charge in [-0.05, 0) is 33.3 Å². The third kappa shape index (κ3) is 3.72. The number of hydrogen-bond acceptors (Lipinski definition) is 5. The Hall–Kier alpha value is -1.18. The molecule has 0 fully saturated rings. The molecule has 0 saturated heterocycles. The van der Waals surface area contributed by atoms with E-state index in [9.17, 15) is 4.79 Å². The Morgan fingerprint density at radius 3 is 2.86 bits per heavy atom. The van der Waals surface area contributed by atoms with E-state index in [-0.39, 0.29) is 24.8 Å². The quantitative estimate of drug-likeness (QED) is 0.818. The minimum atomic E-state index is -0.247. The van der Waals surface area contributed by atoms with E-state index in [2.05, 4.69) is 46.3 Å². The second kappa shape index (κ2) is 7.20. The highest BCUT2D eigenvalue weighted by atomic mass is 79.9. The van der Waals surface area contributed by atoms with Crippen molar-refractivity contribution in [2.45, 2.75) is 26.4 Å². The van der Waals surface area contributed by atoms with Gasteiger partial charge in [0.2, 0.25) is 0 Å². The van der Waals surface area contributed by atoms with Gasteiger partial charge in [0.15, 0.2) is 0 Å². The number of anilines is 1. The van der Waals surface area contributed by atoms with Gasteiger partial charge in [0.25, 0.3) is 5.56 Å². The standard InChI is InChI=1S/C14H18BrN3O2S/c1-9(2)13(11-4-3-7-21-11)17-10-8-16-18(5-6-19)14(20)12(10)15/h3-4,7-9,13,17,19H,5-6H2,1-2H3. The van der Waals surface area contributed by atoms with Gasteiger partial charge in [0, 0.05) is 4.88 Å². The van der Waals surface area contributed by atoms with Crippen LogP contribution in [0.4, 0.5) is 5.69 Å². The molecule has 2 heterocycles. The highest BCUT2D eigenvalue weighted by Crippen LogP contribution is 2.31. The van der Waals surface area contributed by atoms with Gasteiger partial charge in [0.1, 0.15) is 4.47 Å². The summed E-state index contributed by atoms with van der Waals surface area (Å²) in [7, 11) is 0. The molecular weight excluding hydrogens is 354 g/mol. The zero-order chi connectivity index (χ0) is 15.4. The van der Waals surface area contributed by atoms with E-state index in [1.54, 1.807) is 17.5 Å². The van der Waals surface area contributed by atoms with Crippen LogP contribution in [-0.2, 0) is 6.54 Å². The topological polar surface area (TPSA) is 67.2 Å². The molecule has 2 N–H and O–H groups in total. The molecule has 114 valence electrons. The molecule has 0 saturated carbocycles. The van der Waals surface area contributed by atoms with Gasteiger partial charge >= 0.3 is 0 Å². The first-order valence-electron chi connectivity index (χ1n) is 6.71. The number of hydrogen-bond donors (Lipinski definition) is 2. The average molecular weight is 372 g/mol. The fourth-order valence-corrected chi connectivity index (χ4v) is 3.39. The van der Waals surface area contributed by atoms with Crippen molar-refractivity contribution in [1.82, 2.24) is 9.78 Å². The largest absolute Gasteiger partial charge is 0.394 e. The first-order chi connectivity index (χ1) is 10.0. The lowest BCUT2D eigenvalue weighted by atomic mass is 10.0. The van der Waals surface area contributed by atoms with Gasteiger partial charge in [-0.25, -0.2) is 4.68 Å². The maximum atomic E-state index is 12.1. The molecule has 2 aromatic heterocycles. The summed E-state index contributed by atoms with van der Waals surface area (Å²) in [5.74, 6) is 0.371. The molecule has 0 aromatic carbocycles. The minimum Gasteiger partial charge on any atom is -0.394 e. The maximum Gasteiger partial charge on any atom is 0.283 e. The normalized spacial score (nSPS) is 12.6. The van der Waals surface area contributed by atoms with Crippen LogP contribution in [0.1, 0.15) is 24.8 Å². The Labute approximate surface area is 135 Å². The maximum absolute atomic E-state index is 12.1. The number of aliphatic hydroxyl groups excluding tert-OH is 1. The number of nitrogens with zero attached hydrogens (tertiary/aromatic N) is 2. The predicted octanol–water partition coefficient (Wildman–Crippen LogP) is 2.87. The molecule has 7 heteroatoms. The molecule has 0 radical (unpaired) electrons. The number of halogens is 1. The van der Waals surface area contributed by atoms with Crippen molar-refractivity contribution in [2.75, 3.05) is 11.9 Å². The minimum absolute atomic E-state index is 0.115. The van der Waals surface area contributed by atoms with Crippen LogP contribution in [0.25, 0.3) is 0 Å². The van der Waals surface area contributed by atoms with Gasteiger partial charge in [-0.3, -0.25) is 4.79 Å². The van der Waals surface area contributed by atoms with Gasteiger partial charge < -0.3 is 10.4 Å². The molecule has 5 nitrogen and oxygen atoms in total. The van der Waals surface area contributed by atoms with Crippen molar-refractivity contribution in [3.05, 3.63) is 43.4 Å². The zero-order valence-corrected chi connectivity index (χ0v) is 14.3. The zero-order valence-electron chi connectivity index (χ0n) is 11.9. The summed E-state index contributed by atoms with van der Waals surface area (Å²) < 4.78 is 1.68. The van der Waals surface area contributed by atoms with Crippen LogP contribution in [-0.4, -0.2) is 21.5 Å². The van der Waals surface area contributed by atoms with Gasteiger partial charge in [-0.15, -0.1) is 11.3 Å². The van der Waals surface area contributed by atoms with E-state index in [1.165, 1.54) is 9.56 Å². The lowest BCUT2D eigenvalue weighted by Gasteiger charge is -2.23. The molecular formula is C14H18BrN3O2S. The van der Waals surface area contributed by atoms with Crippen LogP contribution < -0.4 is 10.9 Å². The smallest absolute Gasteiger partial charge is 0.283 e. The number of thiophene rings is 1. The van der Waals surface area contributed by atoms with Gasteiger partial charge in [0.05, 0.1) is 31.1 Å². The van der Waals surface area contributed by atoms with Crippen molar-refractivity contribution in [3.8, 4) is 0 Å². The summed E-state index contributed by atoms with van der Waals surface area (Å²) in [6, 6.07) is 4.22. The Balaban J connectivity index is 2.30. The van der Waals surface area contributed by atoms with E-state index >= 15 is 0 Å². The number of aliphatic hydroxyl groups is 1. The van der Waals surface area contributed by atoms with E-state index in [4.69, 9.17) is 5.11 Å². The molecule has 2 rings (SSSR count). The van der Waals surface area contributed by atoms with E-state index in [0.29, 0.717) is 16.1 Å². The average Bonchev–Trinajstić information content (AvgIpc) is 2.97. The summed E-state index contributed by atoms with van der Waals surface area (Å²) in [5.41, 5.74) is 0.420. The fourth-order valence-electron chi connectivity index (χ4n) is 2.02. The van der Waals surface area contributed by atoms with Crippen molar-refractivity contribution in [3.63, 3.8) is 0 Å². The van der Waals surface area contributed by atoms with E-state index < -0.39 is 0 Å². The van der Waals surface area contributed by atoms with E-state index in [1.807, 2.05) is 11.4 Å². The van der Waals surface area contributed by atoms with Crippen LogP contribution >= 0.6 is 27.3 Å². The first-order valence-corrected chi connectivity index (χ1v) is 8.38. The molecule has 0 bridgehead atoms. The molecule has 0 aliphatic carbocycles. The second-order valence-electron chi connectivity index (χ2n) is 5.01. The van der Waals surface area contributed by atoms with Crippen LogP contribution in [0.3, 0.4) is 0 Å². The summed E-state index contributed by atoms with van der Waals surface area (Å²) in [6.07, 6.45) is 1.62. The fraction of sp³-hybridized carbons (Fsp3) is 0.429. The van der Waals surface area contributed by atoms with Crippen molar-refractivity contribution in [2.24, 2.45) is 5.92 Å². The number of aromatic nitrogens is 2. The Morgan fingerprint density at radius 1 is 1.52 bits per heavy atom. The molecule has 1 unspecified atom stereocenters. The van der Waals surface area contributed by atoms with Crippen LogP contribution in [0.2, 0.25) is 0 Å². The number of rotatable bonds is 6. The first kappa shape index (κ1) is 16.2. The summed E-state index contributed by atoms with van der Waals surface area (Å²) >= 11 is 5.01. The Bertz CT molecular complexity index is 640. The summed E-state index contributed by atoms with van der Waals surface area (Å²) in [4.78, 5) is 13.3. The second-order valence-corrected chi connectivity index (χ2v) is 6.78. The lowest BCUT2D eigenvalue weighted by Crippen LogP contribution is -2.27. The van der Waals surface area contributed by atoms with Crippen molar-refractivity contribution < 1.29 is 5.11 Å². The highest BCUT2D eigenvalue weighted by Gasteiger charge is 2.19. The van der Waals surface area contributed by atoms with Crippen LogP contribution in [0.15, 0.2) is 33.0 Å². The summed E-state index contributed by atoms with van der Waals surface area (Å²) in [6.45, 7) is 4.34. The third-order valence-corrected chi connectivity index (χ3v) is 4.85. The number of nitrogens with one attached hydrogen (secondary N) is 1. The predicted molar refractivity (Wildman–Crippen MR) is 88.8 cm³/mol. The van der Waals surface area contributed by atoms with E-state index in [0.717, 1.165) is 0 Å².